The fraction of sp³-hybridized carbons (Fsp3) is 0.120. The summed E-state index contributed by atoms with van der Waals surface area (Å²) in [6.45, 7) is 4.00. The Morgan fingerprint density at radius 1 is 0.355 bits per heavy atom. The zero-order chi connectivity index (χ0) is 42.3. The Morgan fingerprint density at radius 2 is 0.565 bits per heavy atom. The molecule has 0 unspecified atom stereocenters. The molecule has 0 aliphatic heterocycles. The van der Waals surface area contributed by atoms with Crippen molar-refractivity contribution in [3.8, 4) is 0 Å². The summed E-state index contributed by atoms with van der Waals surface area (Å²) < 4.78 is 63.6. The molecular formula is C50H42BF4O4P2Rh-. The van der Waals surface area contributed by atoms with Crippen molar-refractivity contribution in [1.82, 2.24) is 0 Å². The number of benzene rings is 8. The van der Waals surface area contributed by atoms with Crippen LogP contribution in [-0.2, 0) is 32.8 Å². The second-order valence-electron chi connectivity index (χ2n) is 14.5. The molecule has 10 aromatic rings. The van der Waals surface area contributed by atoms with Gasteiger partial charge in [0.2, 0.25) is 16.0 Å². The van der Waals surface area contributed by atoms with E-state index in [0.717, 1.165) is 43.9 Å². The fourth-order valence-electron chi connectivity index (χ4n) is 7.79. The Hall–Kier alpha value is -5.51. The van der Waals surface area contributed by atoms with E-state index >= 15 is 0 Å². The van der Waals surface area contributed by atoms with Crippen molar-refractivity contribution in [2.24, 2.45) is 13.3 Å². The van der Waals surface area contributed by atoms with Gasteiger partial charge in [-0.15, -0.1) is 0 Å². The van der Waals surface area contributed by atoms with Crippen LogP contribution in [0.25, 0.3) is 87.0 Å². The first-order chi connectivity index (χ1) is 29.6. The van der Waals surface area contributed by atoms with Crippen LogP contribution in [-0.4, -0.2) is 7.25 Å². The minimum atomic E-state index is -6.00. The van der Waals surface area contributed by atoms with Crippen LogP contribution in [0.2, 0.25) is 0 Å². The molecule has 0 saturated carbocycles. The topological polar surface area (TPSA) is 52.6 Å². The number of rotatable bonds is 0. The maximum Gasteiger partial charge on any atom is 0.673 e. The molecule has 1 radical (unpaired) electrons. The molecule has 8 aromatic carbocycles. The van der Waals surface area contributed by atoms with Gasteiger partial charge >= 0.3 is 7.25 Å². The van der Waals surface area contributed by atoms with E-state index in [2.05, 4.69) is 170 Å². The first-order valence-corrected chi connectivity index (χ1v) is 23.3. The van der Waals surface area contributed by atoms with Crippen molar-refractivity contribution in [2.75, 3.05) is 0 Å². The first kappa shape index (κ1) is 44.5. The van der Waals surface area contributed by atoms with Crippen molar-refractivity contribution in [3.05, 3.63) is 170 Å². The molecule has 0 saturated heterocycles. The Bertz CT molecular complexity index is 2900. The molecule has 0 amide bonds. The second kappa shape index (κ2) is 20.1. The van der Waals surface area contributed by atoms with E-state index in [1.165, 1.54) is 68.8 Å². The van der Waals surface area contributed by atoms with E-state index < -0.39 is 23.3 Å². The largest absolute Gasteiger partial charge is 0.673 e. The molecule has 1 aliphatic rings. The second-order valence-corrected chi connectivity index (χ2v) is 17.0. The van der Waals surface area contributed by atoms with Gasteiger partial charge in [0.1, 0.15) is 22.3 Å². The quantitative estimate of drug-likeness (QED) is 0.0863. The standard InChI is InChI=1S/2C21H15O2P.C8H12.BF4.Rh/c2*1-24-22-18-12-10-14-6-2-4-8-16(14)20(18)21-17-9-5-3-7-15(17)11-13-19(21)23-24;1-2-4-6-8-7-5-3-1;2-1(3,4)5;/h2*2-13H,1H3;1-2,7-8H,3-6H2;;/q;;;-1;/b;;2-1-,8-7-;;. The maximum absolute atomic E-state index is 9.75. The van der Waals surface area contributed by atoms with Crippen molar-refractivity contribution in [1.29, 1.82) is 0 Å². The van der Waals surface area contributed by atoms with Gasteiger partial charge < -0.3 is 34.0 Å². The minimum Gasteiger partial charge on any atom is -0.419 e. The van der Waals surface area contributed by atoms with Gasteiger partial charge in [0.05, 0.1) is 0 Å². The monoisotopic (exact) mass is 958 g/mol. The number of halogens is 4. The molecule has 1 aliphatic carbocycles. The molecule has 62 heavy (non-hydrogen) atoms. The molecule has 317 valence electrons. The molecule has 0 spiro atoms. The average molecular weight is 959 g/mol. The third-order valence-electron chi connectivity index (χ3n) is 10.3. The third kappa shape index (κ3) is 10.4. The Kier molecular flexibility index (Phi) is 14.5. The van der Waals surface area contributed by atoms with E-state index in [-0.39, 0.29) is 19.5 Å². The van der Waals surface area contributed by atoms with Crippen LogP contribution in [0.5, 0.6) is 0 Å². The molecule has 2 aromatic heterocycles. The number of aryl methyl sites for hydroxylation is 2. The van der Waals surface area contributed by atoms with E-state index in [0.29, 0.717) is 0 Å². The molecular weight excluding hydrogens is 916 g/mol. The van der Waals surface area contributed by atoms with Crippen LogP contribution in [0, 0.1) is 0 Å². The first-order valence-electron chi connectivity index (χ1n) is 20.1. The van der Waals surface area contributed by atoms with Crippen molar-refractivity contribution >= 4 is 110 Å². The van der Waals surface area contributed by atoms with Crippen molar-refractivity contribution in [2.45, 2.75) is 25.7 Å². The summed E-state index contributed by atoms with van der Waals surface area (Å²) >= 11 is 0. The predicted molar refractivity (Wildman–Crippen MR) is 252 cm³/mol. The maximum atomic E-state index is 9.75. The molecule has 11 rings (SSSR count). The average Bonchev–Trinajstić information content (AvgIpc) is 3.49. The van der Waals surface area contributed by atoms with Gasteiger partial charge in [0.25, 0.3) is 0 Å². The van der Waals surface area contributed by atoms with E-state index in [9.17, 15) is 17.3 Å². The Morgan fingerprint density at radius 3 is 0.790 bits per heavy atom. The third-order valence-corrected chi connectivity index (χ3v) is 12.1. The van der Waals surface area contributed by atoms with Gasteiger partial charge in [0.15, 0.2) is 0 Å². The zero-order valence-electron chi connectivity index (χ0n) is 33.9. The number of hydrogen-bond donors (Lipinski definition) is 0. The fourth-order valence-corrected chi connectivity index (χ4v) is 9.58. The van der Waals surface area contributed by atoms with Crippen molar-refractivity contribution < 1.29 is 53.5 Å². The summed E-state index contributed by atoms with van der Waals surface area (Å²) in [4.78, 5) is 0. The van der Waals surface area contributed by atoms with Gasteiger partial charge in [-0.2, -0.15) is 0 Å². The molecule has 0 bridgehead atoms. The van der Waals surface area contributed by atoms with Gasteiger partial charge in [-0.25, -0.2) is 0 Å². The number of fused-ring (bicyclic) bond motifs is 14. The summed E-state index contributed by atoms with van der Waals surface area (Å²) in [5.74, 6) is 0. The number of hydrogen-bond acceptors (Lipinski definition) is 4. The summed E-state index contributed by atoms with van der Waals surface area (Å²) in [6.07, 6.45) is 14.0. The van der Waals surface area contributed by atoms with E-state index in [1.54, 1.807) is 0 Å². The molecule has 0 N–H and O–H groups in total. The Balaban J connectivity index is 0.000000144. The summed E-state index contributed by atoms with van der Waals surface area (Å²) in [5, 5.41) is 14.1. The SMILES string of the molecule is C1=C\CC/C=C\CC/1.Cp1oc2ccc3ccccc3c2c2c(ccc3ccccc32)o1.Cp1oc2ccc3ccccc3c2c2c(ccc3ccccc32)o1.F[B-](F)(F)F.[Rh]. The zero-order valence-corrected chi connectivity index (χ0v) is 37.4. The number of allylic oxidation sites excluding steroid dienone is 4. The van der Waals surface area contributed by atoms with Crippen LogP contribution < -0.4 is 0 Å². The van der Waals surface area contributed by atoms with E-state index in [4.69, 9.17) is 16.8 Å². The molecule has 2 heterocycles. The summed E-state index contributed by atoms with van der Waals surface area (Å²) in [7, 11) is -8.00. The van der Waals surface area contributed by atoms with Crippen LogP contribution >= 0.6 is 16.0 Å². The smallest absolute Gasteiger partial charge is 0.419 e. The minimum absolute atomic E-state index is 0. The summed E-state index contributed by atoms with van der Waals surface area (Å²) in [5.41, 5.74) is 3.60. The van der Waals surface area contributed by atoms with Gasteiger partial charge in [-0.1, -0.05) is 146 Å². The van der Waals surface area contributed by atoms with Gasteiger partial charge in [-0.3, -0.25) is 0 Å². The molecule has 0 fully saturated rings. The molecule has 12 heteroatoms. The van der Waals surface area contributed by atoms with Crippen LogP contribution in [0.3, 0.4) is 0 Å². The normalized spacial score (nSPS) is 13.5. The predicted octanol–water partition coefficient (Wildman–Crippen LogP) is 18.2. The Labute approximate surface area is 370 Å². The van der Waals surface area contributed by atoms with Gasteiger partial charge in [-0.05, 0) is 93.0 Å². The summed E-state index contributed by atoms with van der Waals surface area (Å²) in [6, 6.07) is 50.5. The van der Waals surface area contributed by atoms with E-state index in [1.807, 2.05) is 13.3 Å². The van der Waals surface area contributed by atoms with Crippen LogP contribution in [0.4, 0.5) is 17.3 Å². The molecule has 4 nitrogen and oxygen atoms in total. The van der Waals surface area contributed by atoms with Crippen LogP contribution in [0.1, 0.15) is 25.7 Å². The molecule has 0 atom stereocenters. The van der Waals surface area contributed by atoms with Crippen molar-refractivity contribution in [3.63, 3.8) is 0 Å². The van der Waals surface area contributed by atoms with Gasteiger partial charge in [0, 0.05) is 54.4 Å². The van der Waals surface area contributed by atoms with Crippen LogP contribution in [0.15, 0.2) is 187 Å².